The lowest BCUT2D eigenvalue weighted by molar-refractivity contribution is -0.139. The van der Waals surface area contributed by atoms with Gasteiger partial charge in [0.1, 0.15) is 0 Å². The number of para-hydroxylation sites is 1. The summed E-state index contributed by atoms with van der Waals surface area (Å²) in [6.45, 7) is 0.281. The molecule has 0 radical (unpaired) electrons. The van der Waals surface area contributed by atoms with E-state index in [2.05, 4.69) is 17.5 Å². The predicted octanol–water partition coefficient (Wildman–Crippen LogP) is 2.11. The minimum Gasteiger partial charge on any atom is -0.367 e. The van der Waals surface area contributed by atoms with E-state index in [1.165, 1.54) is 11.3 Å². The van der Waals surface area contributed by atoms with Gasteiger partial charge in [-0.05, 0) is 42.2 Å². The number of anilines is 1. The average Bonchev–Trinajstić information content (AvgIpc) is 3.33. The van der Waals surface area contributed by atoms with Gasteiger partial charge in [-0.25, -0.2) is 0 Å². The second-order valence-electron chi connectivity index (χ2n) is 6.96. The van der Waals surface area contributed by atoms with Gasteiger partial charge in [-0.1, -0.05) is 30.4 Å². The van der Waals surface area contributed by atoms with E-state index in [0.717, 1.165) is 5.69 Å². The van der Waals surface area contributed by atoms with Crippen LogP contribution in [0.25, 0.3) is 0 Å². The zero-order valence-electron chi connectivity index (χ0n) is 12.2. The normalized spacial score (nSPS) is 40.6. The molecule has 6 rings (SSSR count). The Morgan fingerprint density at radius 1 is 0.955 bits per heavy atom. The molecule has 1 aromatic carbocycles. The standard InChI is InChI=1S/C18H18N2O2/c21-17-15-11-6-7-12(14-8-13(11)14)16(15)18(22)20(17)9-19-10-4-2-1-3-5-10/h1-7,11-16,19H,8-9H2/t11-,12-,13-,14+,15+,16-/m1/s1. The number of nitrogens with zero attached hydrogens (tertiary/aromatic N) is 1. The molecule has 1 saturated heterocycles. The highest BCUT2D eigenvalue weighted by molar-refractivity contribution is 6.06. The van der Waals surface area contributed by atoms with Crippen LogP contribution in [0.5, 0.6) is 0 Å². The summed E-state index contributed by atoms with van der Waals surface area (Å²) >= 11 is 0. The summed E-state index contributed by atoms with van der Waals surface area (Å²) in [5, 5.41) is 3.19. The molecule has 0 spiro atoms. The number of amides is 2. The van der Waals surface area contributed by atoms with E-state index in [9.17, 15) is 9.59 Å². The summed E-state index contributed by atoms with van der Waals surface area (Å²) in [6.07, 6.45) is 5.62. The van der Waals surface area contributed by atoms with Crippen LogP contribution in [-0.4, -0.2) is 23.4 Å². The largest absolute Gasteiger partial charge is 0.367 e. The number of benzene rings is 1. The predicted molar refractivity (Wildman–Crippen MR) is 81.5 cm³/mol. The molecule has 0 aromatic heterocycles. The third kappa shape index (κ3) is 1.52. The van der Waals surface area contributed by atoms with Crippen LogP contribution in [0.15, 0.2) is 42.5 Å². The summed E-state index contributed by atoms with van der Waals surface area (Å²) in [7, 11) is 0. The van der Waals surface area contributed by atoms with E-state index in [0.29, 0.717) is 23.7 Å². The topological polar surface area (TPSA) is 49.4 Å². The number of nitrogens with one attached hydrogen (secondary N) is 1. The van der Waals surface area contributed by atoms with Crippen LogP contribution in [-0.2, 0) is 9.59 Å². The number of hydrogen-bond acceptors (Lipinski definition) is 3. The van der Waals surface area contributed by atoms with E-state index in [1.54, 1.807) is 0 Å². The first-order chi connectivity index (χ1) is 10.8. The molecule has 4 heteroatoms. The zero-order valence-corrected chi connectivity index (χ0v) is 12.2. The maximum absolute atomic E-state index is 12.8. The Kier molecular flexibility index (Phi) is 2.38. The van der Waals surface area contributed by atoms with Crippen LogP contribution in [0.2, 0.25) is 0 Å². The Balaban J connectivity index is 1.38. The van der Waals surface area contributed by atoms with Gasteiger partial charge in [0.05, 0.1) is 18.5 Å². The highest BCUT2D eigenvalue weighted by Gasteiger charge is 2.66. The van der Waals surface area contributed by atoms with Crippen molar-refractivity contribution in [3.63, 3.8) is 0 Å². The Hall–Kier alpha value is -2.10. The Morgan fingerprint density at radius 2 is 1.55 bits per heavy atom. The van der Waals surface area contributed by atoms with Gasteiger partial charge < -0.3 is 5.32 Å². The van der Waals surface area contributed by atoms with Gasteiger partial charge in [-0.3, -0.25) is 14.5 Å². The van der Waals surface area contributed by atoms with Crippen molar-refractivity contribution in [2.75, 3.05) is 12.0 Å². The van der Waals surface area contributed by atoms with Crippen molar-refractivity contribution in [3.8, 4) is 0 Å². The Bertz CT molecular complexity index is 648. The van der Waals surface area contributed by atoms with Crippen LogP contribution >= 0.6 is 0 Å². The Labute approximate surface area is 129 Å². The molecule has 3 fully saturated rings. The molecular weight excluding hydrogens is 276 g/mol. The summed E-state index contributed by atoms with van der Waals surface area (Å²) in [5.74, 6) is 1.81. The molecule has 4 nitrogen and oxygen atoms in total. The van der Waals surface area contributed by atoms with Crippen molar-refractivity contribution in [2.24, 2.45) is 35.5 Å². The average molecular weight is 294 g/mol. The van der Waals surface area contributed by atoms with Crippen molar-refractivity contribution in [1.29, 1.82) is 0 Å². The van der Waals surface area contributed by atoms with Crippen molar-refractivity contribution in [1.82, 2.24) is 4.90 Å². The summed E-state index contributed by atoms with van der Waals surface area (Å²) in [6, 6.07) is 9.71. The molecule has 22 heavy (non-hydrogen) atoms. The molecular formula is C18H18N2O2. The molecule has 112 valence electrons. The number of allylic oxidation sites excluding steroid dienone is 2. The summed E-state index contributed by atoms with van der Waals surface area (Å²) in [4.78, 5) is 27.0. The number of imide groups is 1. The van der Waals surface area contributed by atoms with Crippen LogP contribution in [0.1, 0.15) is 6.42 Å². The van der Waals surface area contributed by atoms with Crippen molar-refractivity contribution in [3.05, 3.63) is 42.5 Å². The molecule has 1 heterocycles. The number of carbonyl (C=O) groups excluding carboxylic acids is 2. The molecule has 2 saturated carbocycles. The Morgan fingerprint density at radius 3 is 2.14 bits per heavy atom. The van der Waals surface area contributed by atoms with Gasteiger partial charge in [0.2, 0.25) is 11.8 Å². The maximum Gasteiger partial charge on any atom is 0.235 e. The fourth-order valence-electron chi connectivity index (χ4n) is 4.90. The minimum atomic E-state index is -0.0937. The van der Waals surface area contributed by atoms with Crippen LogP contribution < -0.4 is 5.32 Å². The van der Waals surface area contributed by atoms with Crippen LogP contribution in [0.3, 0.4) is 0 Å². The molecule has 4 aliphatic carbocycles. The first-order valence-corrected chi connectivity index (χ1v) is 8.08. The van der Waals surface area contributed by atoms with E-state index >= 15 is 0 Å². The van der Waals surface area contributed by atoms with Crippen molar-refractivity contribution >= 4 is 17.5 Å². The van der Waals surface area contributed by atoms with Gasteiger partial charge in [-0.2, -0.15) is 0 Å². The van der Waals surface area contributed by atoms with E-state index in [-0.39, 0.29) is 30.3 Å². The lowest BCUT2D eigenvalue weighted by atomic mass is 9.63. The monoisotopic (exact) mass is 294 g/mol. The van der Waals surface area contributed by atoms with E-state index in [1.807, 2.05) is 30.3 Å². The summed E-state index contributed by atoms with van der Waals surface area (Å²) < 4.78 is 0. The lowest BCUT2D eigenvalue weighted by Crippen LogP contribution is -2.40. The molecule has 1 aromatic rings. The lowest BCUT2D eigenvalue weighted by Gasteiger charge is -2.37. The fraction of sp³-hybridized carbons (Fsp3) is 0.444. The highest BCUT2D eigenvalue weighted by Crippen LogP contribution is 2.65. The van der Waals surface area contributed by atoms with Gasteiger partial charge in [0.15, 0.2) is 0 Å². The van der Waals surface area contributed by atoms with Gasteiger partial charge in [0.25, 0.3) is 0 Å². The number of hydrogen-bond donors (Lipinski definition) is 1. The van der Waals surface area contributed by atoms with Crippen molar-refractivity contribution < 1.29 is 9.59 Å². The molecule has 5 aliphatic rings. The molecule has 0 unspecified atom stereocenters. The van der Waals surface area contributed by atoms with Crippen LogP contribution in [0.4, 0.5) is 5.69 Å². The number of likely N-dealkylation sites (tertiary alicyclic amines) is 1. The number of carbonyl (C=O) groups is 2. The number of rotatable bonds is 3. The summed E-state index contributed by atoms with van der Waals surface area (Å²) in [5.41, 5.74) is 0.932. The third-order valence-corrected chi connectivity index (χ3v) is 5.97. The molecule has 2 bridgehead atoms. The van der Waals surface area contributed by atoms with E-state index in [4.69, 9.17) is 0 Å². The first-order valence-electron chi connectivity index (χ1n) is 8.08. The first kappa shape index (κ1) is 12.4. The SMILES string of the molecule is O=C1[C@@H]2[C@@H]3C=C[C@H]([C@H]4C[C@@H]34)[C@@H]2C(=O)N1CNc1ccccc1. The van der Waals surface area contributed by atoms with E-state index < -0.39 is 0 Å². The van der Waals surface area contributed by atoms with Crippen LogP contribution in [0, 0.1) is 35.5 Å². The second-order valence-corrected chi connectivity index (χ2v) is 6.96. The van der Waals surface area contributed by atoms with Gasteiger partial charge >= 0.3 is 0 Å². The maximum atomic E-state index is 12.8. The smallest absolute Gasteiger partial charge is 0.235 e. The van der Waals surface area contributed by atoms with Gasteiger partial charge in [-0.15, -0.1) is 0 Å². The molecule has 1 N–H and O–H groups in total. The minimum absolute atomic E-state index is 0.0307. The van der Waals surface area contributed by atoms with Crippen molar-refractivity contribution in [2.45, 2.75) is 6.42 Å². The fourth-order valence-corrected chi connectivity index (χ4v) is 4.90. The zero-order chi connectivity index (χ0) is 14.8. The third-order valence-electron chi connectivity index (χ3n) is 5.97. The second kappa shape index (κ2) is 4.22. The quantitative estimate of drug-likeness (QED) is 0.686. The molecule has 6 atom stereocenters. The van der Waals surface area contributed by atoms with Gasteiger partial charge in [0, 0.05) is 5.69 Å². The highest BCUT2D eigenvalue weighted by atomic mass is 16.2. The molecule has 1 aliphatic heterocycles. The molecule has 2 amide bonds.